The Morgan fingerprint density at radius 1 is 1.50 bits per heavy atom. The Morgan fingerprint density at radius 2 is 2.20 bits per heavy atom. The Labute approximate surface area is 121 Å². The van der Waals surface area contributed by atoms with Crippen LogP contribution in [0.25, 0.3) is 5.70 Å². The van der Waals surface area contributed by atoms with Crippen LogP contribution in [0.1, 0.15) is 22.8 Å². The first-order valence-corrected chi connectivity index (χ1v) is 6.29. The van der Waals surface area contributed by atoms with Gasteiger partial charge in [-0.05, 0) is 19.1 Å². The molecule has 0 N–H and O–H groups in total. The highest BCUT2D eigenvalue weighted by Crippen LogP contribution is 2.38. The summed E-state index contributed by atoms with van der Waals surface area (Å²) in [6.45, 7) is 1.78. The number of rotatable bonds is 2. The van der Waals surface area contributed by atoms with Gasteiger partial charge in [0, 0.05) is 12.6 Å². The van der Waals surface area contributed by atoms with Crippen LogP contribution in [-0.2, 0) is 9.53 Å². The number of fused-ring (bicyclic) bond motifs is 1. The molecule has 0 radical (unpaired) electrons. The molecule has 1 aliphatic rings. The van der Waals surface area contributed by atoms with E-state index in [1.54, 1.807) is 31.2 Å². The Hall–Kier alpha value is -2.32. The molecule has 1 aromatic carbocycles. The average molecular weight is 291 g/mol. The van der Waals surface area contributed by atoms with Gasteiger partial charge in [0.15, 0.2) is 5.57 Å². The fourth-order valence-electron chi connectivity index (χ4n) is 2.08. The predicted octanol–water partition coefficient (Wildman–Crippen LogP) is 2.22. The summed E-state index contributed by atoms with van der Waals surface area (Å²) in [5.41, 5.74) is 0.726. The standard InChI is InChI=1S/C14H11ClN2O3/c1-3-20-14(19)9(7-16)12-11-8(13(18)17(12)2)5-4-6-10(11)15/h4-6H,3H2,1-2H3/b12-9-. The van der Waals surface area contributed by atoms with Crippen molar-refractivity contribution >= 4 is 29.2 Å². The van der Waals surface area contributed by atoms with Crippen molar-refractivity contribution in [1.82, 2.24) is 4.90 Å². The molecule has 1 amide bonds. The topological polar surface area (TPSA) is 70.4 Å². The van der Waals surface area contributed by atoms with E-state index >= 15 is 0 Å². The van der Waals surface area contributed by atoms with Gasteiger partial charge in [-0.15, -0.1) is 0 Å². The minimum Gasteiger partial charge on any atom is -0.462 e. The second kappa shape index (κ2) is 5.35. The number of carbonyl (C=O) groups is 2. The third-order valence-corrected chi connectivity index (χ3v) is 3.26. The van der Waals surface area contributed by atoms with Crippen LogP contribution < -0.4 is 0 Å². The number of benzene rings is 1. The number of esters is 1. The lowest BCUT2D eigenvalue weighted by molar-refractivity contribution is -0.137. The van der Waals surface area contributed by atoms with Crippen LogP contribution in [0, 0.1) is 11.3 Å². The fraction of sp³-hybridized carbons (Fsp3) is 0.214. The number of hydrogen-bond acceptors (Lipinski definition) is 4. The van der Waals surface area contributed by atoms with E-state index in [-0.39, 0.29) is 23.8 Å². The first-order valence-electron chi connectivity index (χ1n) is 5.91. The van der Waals surface area contributed by atoms with Crippen LogP contribution in [0.2, 0.25) is 5.02 Å². The summed E-state index contributed by atoms with van der Waals surface area (Å²) in [6.07, 6.45) is 0. The van der Waals surface area contributed by atoms with Crippen molar-refractivity contribution < 1.29 is 14.3 Å². The van der Waals surface area contributed by atoms with Gasteiger partial charge in [0.05, 0.1) is 22.9 Å². The van der Waals surface area contributed by atoms with Gasteiger partial charge in [-0.25, -0.2) is 4.79 Å². The zero-order chi connectivity index (χ0) is 14.9. The molecule has 6 heteroatoms. The number of halogens is 1. The van der Waals surface area contributed by atoms with Gasteiger partial charge in [0.1, 0.15) is 6.07 Å². The third-order valence-electron chi connectivity index (χ3n) is 2.95. The van der Waals surface area contributed by atoms with E-state index < -0.39 is 5.97 Å². The summed E-state index contributed by atoms with van der Waals surface area (Å²) in [5.74, 6) is -1.08. The Kier molecular flexibility index (Phi) is 3.77. The monoisotopic (exact) mass is 290 g/mol. The lowest BCUT2D eigenvalue weighted by Crippen LogP contribution is -2.20. The van der Waals surface area contributed by atoms with Crippen molar-refractivity contribution in [3.8, 4) is 6.07 Å². The van der Waals surface area contributed by atoms with Crippen LogP contribution in [0.5, 0.6) is 0 Å². The molecule has 0 aliphatic carbocycles. The van der Waals surface area contributed by atoms with Crippen molar-refractivity contribution in [2.24, 2.45) is 0 Å². The fourth-order valence-corrected chi connectivity index (χ4v) is 2.35. The molecule has 0 unspecified atom stereocenters. The summed E-state index contributed by atoms with van der Waals surface area (Å²) in [5, 5.41) is 9.53. The predicted molar refractivity (Wildman–Crippen MR) is 72.7 cm³/mol. The number of carbonyl (C=O) groups excluding carboxylic acids is 2. The van der Waals surface area contributed by atoms with Gasteiger partial charge in [0.25, 0.3) is 5.91 Å². The molecule has 0 atom stereocenters. The third kappa shape index (κ3) is 2.04. The van der Waals surface area contributed by atoms with Crippen LogP contribution in [-0.4, -0.2) is 30.4 Å². The van der Waals surface area contributed by atoms with Crippen LogP contribution in [0.15, 0.2) is 23.8 Å². The van der Waals surface area contributed by atoms with Crippen molar-refractivity contribution in [3.05, 3.63) is 39.9 Å². The minimum absolute atomic E-state index is 0.143. The second-order valence-electron chi connectivity index (χ2n) is 4.08. The van der Waals surface area contributed by atoms with E-state index in [0.29, 0.717) is 16.1 Å². The Morgan fingerprint density at radius 3 is 2.80 bits per heavy atom. The summed E-state index contributed by atoms with van der Waals surface area (Å²) < 4.78 is 4.85. The number of hydrogen-bond donors (Lipinski definition) is 0. The highest BCUT2D eigenvalue weighted by atomic mass is 35.5. The van der Waals surface area contributed by atoms with Gasteiger partial charge in [-0.2, -0.15) is 5.26 Å². The SMILES string of the molecule is CCOC(=O)/C(C#N)=C1/c2c(Cl)cccc2C(=O)N1C. The van der Waals surface area contributed by atoms with Crippen LogP contribution >= 0.6 is 11.6 Å². The van der Waals surface area contributed by atoms with Crippen molar-refractivity contribution in [1.29, 1.82) is 5.26 Å². The van der Waals surface area contributed by atoms with E-state index in [9.17, 15) is 14.9 Å². The first-order chi connectivity index (χ1) is 9.52. The van der Waals surface area contributed by atoms with Gasteiger partial charge in [-0.3, -0.25) is 4.79 Å². The quantitative estimate of drug-likeness (QED) is 0.476. The van der Waals surface area contributed by atoms with Crippen molar-refractivity contribution in [2.45, 2.75) is 6.92 Å². The summed E-state index contributed by atoms with van der Waals surface area (Å²) in [4.78, 5) is 25.2. The zero-order valence-electron chi connectivity index (χ0n) is 10.9. The molecule has 1 aliphatic heterocycles. The first kappa shape index (κ1) is 14.1. The number of amides is 1. The van der Waals surface area contributed by atoms with Gasteiger partial charge >= 0.3 is 5.97 Å². The Balaban J connectivity index is 2.73. The van der Waals surface area contributed by atoms with E-state index in [4.69, 9.17) is 16.3 Å². The number of nitrogens with zero attached hydrogens (tertiary/aromatic N) is 2. The van der Waals surface area contributed by atoms with E-state index in [1.807, 2.05) is 0 Å². The smallest absolute Gasteiger partial charge is 0.351 e. The van der Waals surface area contributed by atoms with E-state index in [1.165, 1.54) is 11.9 Å². The lowest BCUT2D eigenvalue weighted by atomic mass is 10.0. The maximum absolute atomic E-state index is 12.1. The van der Waals surface area contributed by atoms with Crippen molar-refractivity contribution in [3.63, 3.8) is 0 Å². The summed E-state index contributed by atoms with van der Waals surface area (Å²) in [6, 6.07) is 6.65. The zero-order valence-corrected chi connectivity index (χ0v) is 11.7. The van der Waals surface area contributed by atoms with Gasteiger partial charge in [0.2, 0.25) is 0 Å². The molecule has 0 aromatic heterocycles. The number of ether oxygens (including phenoxy) is 1. The van der Waals surface area contributed by atoms with Gasteiger partial charge < -0.3 is 9.64 Å². The molecule has 1 heterocycles. The van der Waals surface area contributed by atoms with Gasteiger partial charge in [-0.1, -0.05) is 17.7 Å². The highest BCUT2D eigenvalue weighted by Gasteiger charge is 2.35. The molecular formula is C14H11ClN2O3. The Bertz CT molecular complexity index is 673. The molecule has 5 nitrogen and oxygen atoms in total. The normalized spacial score (nSPS) is 15.7. The highest BCUT2D eigenvalue weighted by molar-refractivity contribution is 6.34. The van der Waals surface area contributed by atoms with Crippen molar-refractivity contribution in [2.75, 3.05) is 13.7 Å². The maximum atomic E-state index is 12.1. The molecule has 2 rings (SSSR count). The maximum Gasteiger partial charge on any atom is 0.351 e. The second-order valence-corrected chi connectivity index (χ2v) is 4.49. The average Bonchev–Trinajstić information content (AvgIpc) is 2.67. The summed E-state index contributed by atoms with van der Waals surface area (Å²) in [7, 11) is 1.49. The molecule has 0 spiro atoms. The molecule has 1 aromatic rings. The molecule has 0 fully saturated rings. The largest absolute Gasteiger partial charge is 0.462 e. The minimum atomic E-state index is -0.766. The molecule has 0 saturated heterocycles. The van der Waals surface area contributed by atoms with E-state index in [2.05, 4.69) is 0 Å². The molecule has 102 valence electrons. The molecular weight excluding hydrogens is 280 g/mol. The summed E-state index contributed by atoms with van der Waals surface area (Å²) >= 11 is 6.10. The molecule has 0 saturated carbocycles. The lowest BCUT2D eigenvalue weighted by Gasteiger charge is -2.13. The molecule has 0 bridgehead atoms. The van der Waals surface area contributed by atoms with Crippen LogP contribution in [0.4, 0.5) is 0 Å². The molecule has 20 heavy (non-hydrogen) atoms. The van der Waals surface area contributed by atoms with E-state index in [0.717, 1.165) is 0 Å². The van der Waals surface area contributed by atoms with Crippen LogP contribution in [0.3, 0.4) is 0 Å². The number of nitriles is 1.